The number of aromatic carboxylic acids is 1. The summed E-state index contributed by atoms with van der Waals surface area (Å²) in [4.78, 5) is 13.7. The molecule has 2 aliphatic heterocycles. The SMILES string of the molecule is CC1(C)CCC2(CCN(c3ccc(C(=O)O)cc3)CC2)CN1S(=O)(=O)c1ccccc1. The Balaban J connectivity index is 1.51. The third kappa shape index (κ3) is 4.21. The molecule has 0 aliphatic carbocycles. The van der Waals surface area contributed by atoms with Gasteiger partial charge in [0.2, 0.25) is 10.0 Å². The zero-order valence-electron chi connectivity index (χ0n) is 18.1. The predicted molar refractivity (Wildman–Crippen MR) is 121 cm³/mol. The molecular formula is C24H30N2O4S. The molecule has 0 radical (unpaired) electrons. The highest BCUT2D eigenvalue weighted by atomic mass is 32.2. The third-order valence-corrected chi connectivity index (χ3v) is 9.13. The van der Waals surface area contributed by atoms with Crippen molar-refractivity contribution in [2.45, 2.75) is 50.0 Å². The molecule has 2 heterocycles. The van der Waals surface area contributed by atoms with Crippen molar-refractivity contribution in [2.75, 3.05) is 24.5 Å². The van der Waals surface area contributed by atoms with Gasteiger partial charge in [-0.1, -0.05) is 18.2 Å². The summed E-state index contributed by atoms with van der Waals surface area (Å²) in [5, 5.41) is 9.10. The molecule has 0 bridgehead atoms. The summed E-state index contributed by atoms with van der Waals surface area (Å²) in [5.41, 5.74) is 0.872. The Bertz CT molecular complexity index is 1040. The van der Waals surface area contributed by atoms with Gasteiger partial charge in [-0.05, 0) is 81.3 Å². The first kappa shape index (κ1) is 21.8. The van der Waals surface area contributed by atoms with Crippen LogP contribution in [0.3, 0.4) is 0 Å². The second-order valence-corrected chi connectivity index (χ2v) is 11.3. The summed E-state index contributed by atoms with van der Waals surface area (Å²) < 4.78 is 28.7. The Hall–Kier alpha value is -2.38. The molecule has 0 amide bonds. The highest BCUT2D eigenvalue weighted by Gasteiger charge is 2.49. The number of hydrogen-bond donors (Lipinski definition) is 1. The van der Waals surface area contributed by atoms with Gasteiger partial charge in [0.15, 0.2) is 0 Å². The molecule has 2 saturated heterocycles. The molecular weight excluding hydrogens is 412 g/mol. The van der Waals surface area contributed by atoms with Crippen LogP contribution in [0.1, 0.15) is 49.9 Å². The summed E-state index contributed by atoms with van der Waals surface area (Å²) in [5.74, 6) is -0.923. The average molecular weight is 443 g/mol. The summed E-state index contributed by atoms with van der Waals surface area (Å²) in [6.45, 7) is 6.28. The van der Waals surface area contributed by atoms with E-state index in [4.69, 9.17) is 5.11 Å². The molecule has 2 aromatic rings. The van der Waals surface area contributed by atoms with Gasteiger partial charge in [-0.15, -0.1) is 0 Å². The maximum Gasteiger partial charge on any atom is 0.335 e. The van der Waals surface area contributed by atoms with E-state index in [1.807, 2.05) is 32.0 Å². The smallest absolute Gasteiger partial charge is 0.335 e. The fourth-order valence-corrected chi connectivity index (χ4v) is 6.83. The van der Waals surface area contributed by atoms with Crippen LogP contribution in [0, 0.1) is 5.41 Å². The van der Waals surface area contributed by atoms with Gasteiger partial charge in [0.1, 0.15) is 0 Å². The van der Waals surface area contributed by atoms with Gasteiger partial charge in [-0.3, -0.25) is 0 Å². The van der Waals surface area contributed by atoms with E-state index in [-0.39, 0.29) is 11.0 Å². The molecule has 0 aromatic heterocycles. The normalized spacial score (nSPS) is 21.2. The molecule has 2 aliphatic rings. The van der Waals surface area contributed by atoms with Crippen LogP contribution in [-0.4, -0.2) is 49.0 Å². The van der Waals surface area contributed by atoms with Gasteiger partial charge in [-0.2, -0.15) is 4.31 Å². The number of sulfonamides is 1. The largest absolute Gasteiger partial charge is 0.478 e. The molecule has 31 heavy (non-hydrogen) atoms. The molecule has 0 unspecified atom stereocenters. The van der Waals surface area contributed by atoms with Crippen molar-refractivity contribution in [3.05, 3.63) is 60.2 Å². The number of hydrogen-bond acceptors (Lipinski definition) is 4. The Morgan fingerprint density at radius 2 is 1.52 bits per heavy atom. The van der Waals surface area contributed by atoms with Gasteiger partial charge < -0.3 is 10.0 Å². The van der Waals surface area contributed by atoms with Gasteiger partial charge >= 0.3 is 5.97 Å². The van der Waals surface area contributed by atoms with E-state index in [9.17, 15) is 13.2 Å². The highest BCUT2D eigenvalue weighted by Crippen LogP contribution is 2.47. The van der Waals surface area contributed by atoms with Crippen molar-refractivity contribution in [3.8, 4) is 0 Å². The van der Waals surface area contributed by atoms with Crippen LogP contribution in [0.2, 0.25) is 0 Å². The van der Waals surface area contributed by atoms with Crippen molar-refractivity contribution in [2.24, 2.45) is 5.41 Å². The first-order valence-electron chi connectivity index (χ1n) is 10.8. The lowest BCUT2D eigenvalue weighted by atomic mass is 9.69. The molecule has 6 nitrogen and oxygen atoms in total. The fourth-order valence-electron chi connectivity index (χ4n) is 4.89. The number of carbonyl (C=O) groups is 1. The van der Waals surface area contributed by atoms with Gasteiger partial charge in [-0.25, -0.2) is 13.2 Å². The van der Waals surface area contributed by atoms with Crippen LogP contribution < -0.4 is 4.90 Å². The van der Waals surface area contributed by atoms with Crippen LogP contribution in [0.5, 0.6) is 0 Å². The van der Waals surface area contributed by atoms with E-state index in [2.05, 4.69) is 4.90 Å². The zero-order chi connectivity index (χ0) is 22.3. The number of carboxylic acid groups (broad SMARTS) is 1. The molecule has 0 saturated carbocycles. The van der Waals surface area contributed by atoms with Crippen LogP contribution in [0.15, 0.2) is 59.5 Å². The molecule has 166 valence electrons. The highest BCUT2D eigenvalue weighted by molar-refractivity contribution is 7.89. The molecule has 7 heteroatoms. The maximum absolute atomic E-state index is 13.5. The summed E-state index contributed by atoms with van der Waals surface area (Å²) in [6, 6.07) is 15.7. The second-order valence-electron chi connectivity index (χ2n) is 9.48. The average Bonchev–Trinajstić information content (AvgIpc) is 2.77. The van der Waals surface area contributed by atoms with Crippen molar-refractivity contribution in [3.63, 3.8) is 0 Å². The molecule has 2 aromatic carbocycles. The van der Waals surface area contributed by atoms with Gasteiger partial charge in [0.25, 0.3) is 0 Å². The first-order chi connectivity index (χ1) is 14.6. The van der Waals surface area contributed by atoms with E-state index in [0.29, 0.717) is 11.4 Å². The number of rotatable bonds is 4. The van der Waals surface area contributed by atoms with Crippen molar-refractivity contribution in [1.29, 1.82) is 0 Å². The number of anilines is 1. The van der Waals surface area contributed by atoms with E-state index >= 15 is 0 Å². The topological polar surface area (TPSA) is 77.9 Å². The van der Waals surface area contributed by atoms with Crippen molar-refractivity contribution >= 4 is 21.7 Å². The Morgan fingerprint density at radius 1 is 0.903 bits per heavy atom. The van der Waals surface area contributed by atoms with Crippen LogP contribution in [0.4, 0.5) is 5.69 Å². The van der Waals surface area contributed by atoms with E-state index < -0.39 is 21.5 Å². The molecule has 1 N–H and O–H groups in total. The van der Waals surface area contributed by atoms with Gasteiger partial charge in [0.05, 0.1) is 10.5 Å². The number of nitrogens with zero attached hydrogens (tertiary/aromatic N) is 2. The Labute approximate surface area is 184 Å². The number of benzene rings is 2. The summed E-state index contributed by atoms with van der Waals surface area (Å²) in [6.07, 6.45) is 3.70. The summed E-state index contributed by atoms with van der Waals surface area (Å²) >= 11 is 0. The molecule has 1 spiro atoms. The quantitative estimate of drug-likeness (QED) is 0.767. The third-order valence-electron chi connectivity index (χ3n) is 7.06. The Morgan fingerprint density at radius 3 is 2.10 bits per heavy atom. The minimum absolute atomic E-state index is 0.0190. The van der Waals surface area contributed by atoms with E-state index in [1.165, 1.54) is 0 Å². The van der Waals surface area contributed by atoms with E-state index in [0.717, 1.165) is 44.5 Å². The maximum atomic E-state index is 13.5. The minimum Gasteiger partial charge on any atom is -0.478 e. The van der Waals surface area contributed by atoms with Crippen molar-refractivity contribution in [1.82, 2.24) is 4.31 Å². The van der Waals surface area contributed by atoms with E-state index in [1.54, 1.807) is 40.7 Å². The molecule has 4 rings (SSSR count). The zero-order valence-corrected chi connectivity index (χ0v) is 18.9. The minimum atomic E-state index is -3.56. The molecule has 0 atom stereocenters. The lowest BCUT2D eigenvalue weighted by Crippen LogP contribution is -2.58. The number of carboxylic acids is 1. The van der Waals surface area contributed by atoms with Crippen LogP contribution >= 0.6 is 0 Å². The van der Waals surface area contributed by atoms with Crippen molar-refractivity contribution < 1.29 is 18.3 Å². The lowest BCUT2D eigenvalue weighted by molar-refractivity contribution is 0.0393. The standard InChI is InChI=1S/C24H30N2O4S/c1-23(2)12-13-24(18-26(23)31(29,30)21-6-4-3-5-7-21)14-16-25(17-15-24)20-10-8-19(9-11-20)22(27)28/h3-11H,12-18H2,1-2H3,(H,27,28). The van der Waals surface area contributed by atoms with Crippen LogP contribution in [-0.2, 0) is 10.0 Å². The van der Waals surface area contributed by atoms with Crippen LogP contribution in [0.25, 0.3) is 0 Å². The monoisotopic (exact) mass is 442 g/mol. The molecule has 2 fully saturated rings. The predicted octanol–water partition coefficient (Wildman–Crippen LogP) is 4.23. The number of piperidine rings is 2. The fraction of sp³-hybridized carbons (Fsp3) is 0.458. The summed E-state index contributed by atoms with van der Waals surface area (Å²) in [7, 11) is -3.56. The Kier molecular flexibility index (Phi) is 5.60. The van der Waals surface area contributed by atoms with Gasteiger partial charge in [0, 0.05) is 30.9 Å². The first-order valence-corrected chi connectivity index (χ1v) is 12.2. The second kappa shape index (κ2) is 7.95. The lowest BCUT2D eigenvalue weighted by Gasteiger charge is -2.53.